The normalized spacial score (nSPS) is 11.9. The van der Waals surface area contributed by atoms with Crippen LogP contribution in [-0.2, 0) is 4.79 Å². The highest BCUT2D eigenvalue weighted by molar-refractivity contribution is 6.30. The van der Waals surface area contributed by atoms with Crippen molar-refractivity contribution in [3.05, 3.63) is 34.6 Å². The van der Waals surface area contributed by atoms with E-state index in [0.717, 1.165) is 6.07 Å². The second-order valence-corrected chi connectivity index (χ2v) is 3.83. The van der Waals surface area contributed by atoms with Gasteiger partial charge in [-0.25, -0.2) is 9.18 Å². The molecule has 0 spiro atoms. The van der Waals surface area contributed by atoms with Gasteiger partial charge in [0.05, 0.1) is 5.56 Å². The van der Waals surface area contributed by atoms with Gasteiger partial charge in [0, 0.05) is 5.02 Å². The molecule has 2 N–H and O–H groups in total. The summed E-state index contributed by atoms with van der Waals surface area (Å²) in [5, 5.41) is 11.1. The lowest BCUT2D eigenvalue weighted by molar-refractivity contribution is -0.139. The summed E-state index contributed by atoms with van der Waals surface area (Å²) in [7, 11) is 0. The first-order valence-corrected chi connectivity index (χ1v) is 5.32. The van der Waals surface area contributed by atoms with Gasteiger partial charge in [-0.15, -0.1) is 0 Å². The van der Waals surface area contributed by atoms with Gasteiger partial charge in [0.2, 0.25) is 0 Å². The van der Waals surface area contributed by atoms with Gasteiger partial charge in [-0.05, 0) is 24.6 Å². The standard InChI is InChI=1S/C11H11ClFNO3/c1-2-9(11(16)17)14-10(15)7-4-3-6(12)5-8(7)13/h3-5,9H,2H2,1H3,(H,14,15)(H,16,17)/t9-/m1/s1. The predicted molar refractivity (Wildman–Crippen MR) is 60.6 cm³/mol. The molecule has 0 bridgehead atoms. The number of halogens is 2. The summed E-state index contributed by atoms with van der Waals surface area (Å²) in [5.74, 6) is -2.71. The maximum absolute atomic E-state index is 13.4. The van der Waals surface area contributed by atoms with Crippen molar-refractivity contribution in [3.8, 4) is 0 Å². The molecule has 92 valence electrons. The molecule has 0 aliphatic heterocycles. The maximum atomic E-state index is 13.4. The fourth-order valence-corrected chi connectivity index (χ4v) is 1.41. The molecular formula is C11H11ClFNO3. The Morgan fingerprint density at radius 3 is 2.65 bits per heavy atom. The van der Waals surface area contributed by atoms with Crippen LogP contribution >= 0.6 is 11.6 Å². The number of aliphatic carboxylic acids is 1. The van der Waals surface area contributed by atoms with Gasteiger partial charge in [-0.3, -0.25) is 4.79 Å². The fraction of sp³-hybridized carbons (Fsp3) is 0.273. The third-order valence-corrected chi connectivity index (χ3v) is 2.42. The van der Waals surface area contributed by atoms with E-state index in [1.54, 1.807) is 6.92 Å². The Labute approximate surface area is 102 Å². The molecule has 4 nitrogen and oxygen atoms in total. The van der Waals surface area contributed by atoms with Crippen molar-refractivity contribution in [2.45, 2.75) is 19.4 Å². The summed E-state index contributed by atoms with van der Waals surface area (Å²) < 4.78 is 13.4. The molecule has 0 unspecified atom stereocenters. The van der Waals surface area contributed by atoms with E-state index in [9.17, 15) is 14.0 Å². The predicted octanol–water partition coefficient (Wildman–Crippen LogP) is 2.07. The molecule has 1 atom stereocenters. The number of amides is 1. The lowest BCUT2D eigenvalue weighted by atomic mass is 10.1. The molecule has 0 aliphatic carbocycles. The molecule has 0 fully saturated rings. The second kappa shape index (κ2) is 5.63. The summed E-state index contributed by atoms with van der Waals surface area (Å²) in [5.41, 5.74) is -0.228. The van der Waals surface area contributed by atoms with E-state index in [4.69, 9.17) is 16.7 Å². The summed E-state index contributed by atoms with van der Waals surface area (Å²) >= 11 is 5.54. The molecule has 1 rings (SSSR count). The molecule has 6 heteroatoms. The quantitative estimate of drug-likeness (QED) is 0.870. The third kappa shape index (κ3) is 3.42. The van der Waals surface area contributed by atoms with Gasteiger partial charge in [0.25, 0.3) is 5.91 Å². The lowest BCUT2D eigenvalue weighted by Gasteiger charge is -2.12. The van der Waals surface area contributed by atoms with E-state index in [1.807, 2.05) is 0 Å². The van der Waals surface area contributed by atoms with Crippen LogP contribution in [0.15, 0.2) is 18.2 Å². The number of carbonyl (C=O) groups is 2. The molecule has 1 amide bonds. The number of carboxylic acid groups (broad SMARTS) is 1. The van der Waals surface area contributed by atoms with Crippen LogP contribution in [0, 0.1) is 5.82 Å². The summed E-state index contributed by atoms with van der Waals surface area (Å²) in [4.78, 5) is 22.3. The van der Waals surface area contributed by atoms with Crippen molar-refractivity contribution in [3.63, 3.8) is 0 Å². The van der Waals surface area contributed by atoms with Crippen LogP contribution in [0.4, 0.5) is 4.39 Å². The van der Waals surface area contributed by atoms with Crippen LogP contribution in [-0.4, -0.2) is 23.0 Å². The lowest BCUT2D eigenvalue weighted by Crippen LogP contribution is -2.40. The van der Waals surface area contributed by atoms with Gasteiger partial charge in [0.15, 0.2) is 0 Å². The highest BCUT2D eigenvalue weighted by Gasteiger charge is 2.20. The van der Waals surface area contributed by atoms with Gasteiger partial charge in [-0.1, -0.05) is 18.5 Å². The van der Waals surface area contributed by atoms with Gasteiger partial charge in [-0.2, -0.15) is 0 Å². The molecule has 1 aromatic rings. The summed E-state index contributed by atoms with van der Waals surface area (Å²) in [6, 6.07) is 2.54. The minimum atomic E-state index is -1.16. The largest absolute Gasteiger partial charge is 0.480 e. The van der Waals surface area contributed by atoms with Crippen molar-refractivity contribution >= 4 is 23.5 Å². The first-order chi connectivity index (χ1) is 7.95. The van der Waals surface area contributed by atoms with Crippen molar-refractivity contribution < 1.29 is 19.1 Å². The smallest absolute Gasteiger partial charge is 0.326 e. The first kappa shape index (κ1) is 13.4. The molecule has 0 aliphatic rings. The Kier molecular flexibility index (Phi) is 4.45. The zero-order valence-electron chi connectivity index (χ0n) is 9.04. The molecule has 0 aromatic heterocycles. The second-order valence-electron chi connectivity index (χ2n) is 3.40. The number of carbonyl (C=O) groups excluding carboxylic acids is 1. The number of carboxylic acids is 1. The Balaban J connectivity index is 2.86. The highest BCUT2D eigenvalue weighted by atomic mass is 35.5. The monoisotopic (exact) mass is 259 g/mol. The van der Waals surface area contributed by atoms with E-state index < -0.39 is 23.7 Å². The van der Waals surface area contributed by atoms with Crippen LogP contribution in [0.5, 0.6) is 0 Å². The molecule has 17 heavy (non-hydrogen) atoms. The minimum absolute atomic E-state index is 0.171. The van der Waals surface area contributed by atoms with Crippen LogP contribution in [0.25, 0.3) is 0 Å². The van der Waals surface area contributed by atoms with Crippen LogP contribution in [0.2, 0.25) is 5.02 Å². The molecular weight excluding hydrogens is 249 g/mol. The fourth-order valence-electron chi connectivity index (χ4n) is 1.25. The molecule has 0 saturated heterocycles. The Morgan fingerprint density at radius 2 is 2.18 bits per heavy atom. The van der Waals surface area contributed by atoms with Crippen molar-refractivity contribution in [1.29, 1.82) is 0 Å². The van der Waals surface area contributed by atoms with Gasteiger partial charge < -0.3 is 10.4 Å². The zero-order chi connectivity index (χ0) is 13.0. The molecule has 0 saturated carbocycles. The van der Waals surface area contributed by atoms with E-state index in [0.29, 0.717) is 0 Å². The number of rotatable bonds is 4. The topological polar surface area (TPSA) is 66.4 Å². The summed E-state index contributed by atoms with van der Waals surface area (Å²) in [6.45, 7) is 1.61. The molecule has 0 heterocycles. The Hall–Kier alpha value is -1.62. The van der Waals surface area contributed by atoms with Crippen LogP contribution in [0.3, 0.4) is 0 Å². The highest BCUT2D eigenvalue weighted by Crippen LogP contribution is 2.14. The van der Waals surface area contributed by atoms with E-state index in [2.05, 4.69) is 5.32 Å². The number of hydrogen-bond acceptors (Lipinski definition) is 2. The summed E-state index contributed by atoms with van der Waals surface area (Å²) in [6.07, 6.45) is 0.219. The average molecular weight is 260 g/mol. The van der Waals surface area contributed by atoms with Gasteiger partial charge in [0.1, 0.15) is 11.9 Å². The van der Waals surface area contributed by atoms with E-state index in [-0.39, 0.29) is 17.0 Å². The zero-order valence-corrected chi connectivity index (χ0v) is 9.79. The Bertz CT molecular complexity index is 450. The number of hydrogen-bond donors (Lipinski definition) is 2. The third-order valence-electron chi connectivity index (χ3n) is 2.19. The van der Waals surface area contributed by atoms with Crippen molar-refractivity contribution in [2.75, 3.05) is 0 Å². The average Bonchev–Trinajstić information content (AvgIpc) is 2.24. The van der Waals surface area contributed by atoms with Crippen LogP contribution in [0.1, 0.15) is 23.7 Å². The Morgan fingerprint density at radius 1 is 1.53 bits per heavy atom. The van der Waals surface area contributed by atoms with Crippen molar-refractivity contribution in [1.82, 2.24) is 5.32 Å². The molecule has 0 radical (unpaired) electrons. The first-order valence-electron chi connectivity index (χ1n) is 4.94. The van der Waals surface area contributed by atoms with Crippen molar-refractivity contribution in [2.24, 2.45) is 0 Å². The SMILES string of the molecule is CC[C@@H](NC(=O)c1ccc(Cl)cc1F)C(=O)O. The number of nitrogens with one attached hydrogen (secondary N) is 1. The minimum Gasteiger partial charge on any atom is -0.480 e. The maximum Gasteiger partial charge on any atom is 0.326 e. The van der Waals surface area contributed by atoms with E-state index >= 15 is 0 Å². The number of benzene rings is 1. The van der Waals surface area contributed by atoms with E-state index in [1.165, 1.54) is 12.1 Å². The van der Waals surface area contributed by atoms with Gasteiger partial charge >= 0.3 is 5.97 Å². The molecule has 1 aromatic carbocycles. The van der Waals surface area contributed by atoms with Crippen LogP contribution < -0.4 is 5.32 Å².